The maximum absolute atomic E-state index is 3.77. The number of nitrogens with one attached hydrogen (secondary N) is 1. The van der Waals surface area contributed by atoms with Crippen LogP contribution in [-0.2, 0) is 0 Å². The van der Waals surface area contributed by atoms with Crippen molar-refractivity contribution >= 4 is 11.8 Å². The smallest absolute Gasteiger partial charge is 0.0443 e. The van der Waals surface area contributed by atoms with Crippen molar-refractivity contribution in [2.45, 2.75) is 58.2 Å². The first-order valence-corrected chi connectivity index (χ1v) is 9.15. The Balaban J connectivity index is 2.81. The lowest BCUT2D eigenvalue weighted by atomic mass is 9.96. The number of benzene rings is 1. The van der Waals surface area contributed by atoms with Crippen molar-refractivity contribution < 1.29 is 0 Å². The molecule has 0 bridgehead atoms. The fourth-order valence-electron chi connectivity index (χ4n) is 2.42. The fraction of sp³-hybridized carbons (Fsp3) is 0.667. The summed E-state index contributed by atoms with van der Waals surface area (Å²) in [4.78, 5) is 0. The zero-order chi connectivity index (χ0) is 14.8. The third-order valence-corrected chi connectivity index (χ3v) is 5.29. The first-order valence-electron chi connectivity index (χ1n) is 8.10. The summed E-state index contributed by atoms with van der Waals surface area (Å²) < 4.78 is 0. The van der Waals surface area contributed by atoms with Gasteiger partial charge in [-0.05, 0) is 36.6 Å². The molecule has 0 saturated heterocycles. The van der Waals surface area contributed by atoms with Crippen LogP contribution in [0.25, 0.3) is 0 Å². The third kappa shape index (κ3) is 5.88. The second kappa shape index (κ2) is 10.3. The molecule has 0 saturated carbocycles. The Morgan fingerprint density at radius 2 is 1.75 bits per heavy atom. The molecule has 1 rings (SSSR count). The number of rotatable bonds is 10. The van der Waals surface area contributed by atoms with Crippen molar-refractivity contribution in [3.63, 3.8) is 0 Å². The molecule has 1 N–H and O–H groups in total. The summed E-state index contributed by atoms with van der Waals surface area (Å²) in [7, 11) is 0. The zero-order valence-corrected chi connectivity index (χ0v) is 14.4. The van der Waals surface area contributed by atoms with Crippen LogP contribution in [0.1, 0.15) is 58.6 Å². The second-order valence-corrected chi connectivity index (χ2v) is 7.06. The lowest BCUT2D eigenvalue weighted by Crippen LogP contribution is -2.34. The van der Waals surface area contributed by atoms with E-state index in [4.69, 9.17) is 0 Å². The summed E-state index contributed by atoms with van der Waals surface area (Å²) in [6.45, 7) is 10.3. The van der Waals surface area contributed by atoms with E-state index in [9.17, 15) is 0 Å². The molecule has 1 aromatic carbocycles. The fourth-order valence-corrected chi connectivity index (χ4v) is 3.98. The van der Waals surface area contributed by atoms with Gasteiger partial charge in [-0.3, -0.25) is 0 Å². The molecule has 20 heavy (non-hydrogen) atoms. The maximum atomic E-state index is 3.77. The monoisotopic (exact) mass is 293 g/mol. The van der Waals surface area contributed by atoms with E-state index < -0.39 is 0 Å². The van der Waals surface area contributed by atoms with Crippen molar-refractivity contribution in [3.8, 4) is 0 Å². The maximum Gasteiger partial charge on any atom is 0.0443 e. The van der Waals surface area contributed by atoms with Gasteiger partial charge in [-0.15, -0.1) is 0 Å². The molecule has 0 aromatic heterocycles. The van der Waals surface area contributed by atoms with Gasteiger partial charge in [0.15, 0.2) is 0 Å². The Morgan fingerprint density at radius 3 is 2.30 bits per heavy atom. The Morgan fingerprint density at radius 1 is 1.05 bits per heavy atom. The summed E-state index contributed by atoms with van der Waals surface area (Å²) in [5.74, 6) is 1.96. The summed E-state index contributed by atoms with van der Waals surface area (Å²) in [6.07, 6.45) is 3.80. The van der Waals surface area contributed by atoms with Crippen LogP contribution in [0.15, 0.2) is 30.3 Å². The molecule has 114 valence electrons. The van der Waals surface area contributed by atoms with E-state index in [0.29, 0.717) is 17.2 Å². The van der Waals surface area contributed by atoms with Gasteiger partial charge in [-0.1, -0.05) is 64.4 Å². The van der Waals surface area contributed by atoms with Crippen LogP contribution in [0, 0.1) is 5.92 Å². The number of unbranched alkanes of at least 4 members (excludes halogenated alkanes) is 1. The lowest BCUT2D eigenvalue weighted by Gasteiger charge is -2.31. The quantitative estimate of drug-likeness (QED) is 0.589. The number of thioether (sulfide) groups is 1. The van der Waals surface area contributed by atoms with Crippen molar-refractivity contribution in [1.82, 2.24) is 5.32 Å². The summed E-state index contributed by atoms with van der Waals surface area (Å²) in [6, 6.07) is 11.4. The molecule has 0 aliphatic rings. The summed E-state index contributed by atoms with van der Waals surface area (Å²) in [5, 5.41) is 4.42. The molecule has 0 aliphatic heterocycles. The van der Waals surface area contributed by atoms with Gasteiger partial charge < -0.3 is 5.32 Å². The van der Waals surface area contributed by atoms with Crippen molar-refractivity contribution in [3.05, 3.63) is 35.9 Å². The van der Waals surface area contributed by atoms with Gasteiger partial charge in [-0.2, -0.15) is 11.8 Å². The largest absolute Gasteiger partial charge is 0.309 e. The van der Waals surface area contributed by atoms with Crippen LogP contribution in [0.2, 0.25) is 0 Å². The minimum atomic E-state index is 0.470. The van der Waals surface area contributed by atoms with Gasteiger partial charge in [-0.25, -0.2) is 0 Å². The van der Waals surface area contributed by atoms with Crippen LogP contribution in [0.3, 0.4) is 0 Å². The third-order valence-electron chi connectivity index (χ3n) is 3.57. The van der Waals surface area contributed by atoms with Crippen LogP contribution >= 0.6 is 11.8 Å². The summed E-state index contributed by atoms with van der Waals surface area (Å²) in [5.41, 5.74) is 1.43. The average molecular weight is 294 g/mol. The van der Waals surface area contributed by atoms with Gasteiger partial charge >= 0.3 is 0 Å². The highest BCUT2D eigenvalue weighted by Gasteiger charge is 2.25. The van der Waals surface area contributed by atoms with E-state index in [1.165, 1.54) is 30.6 Å². The van der Waals surface area contributed by atoms with E-state index in [0.717, 1.165) is 6.54 Å². The zero-order valence-electron chi connectivity index (χ0n) is 13.6. The molecule has 2 unspecified atom stereocenters. The molecule has 0 spiro atoms. The molecular formula is C18H31NS. The Kier molecular flexibility index (Phi) is 9.04. The summed E-state index contributed by atoms with van der Waals surface area (Å²) >= 11 is 2.15. The van der Waals surface area contributed by atoms with E-state index in [1.807, 2.05) is 0 Å². The van der Waals surface area contributed by atoms with Crippen LogP contribution in [0.4, 0.5) is 0 Å². The molecule has 1 nitrogen and oxygen atoms in total. The normalized spacial score (nSPS) is 14.4. The molecule has 2 heteroatoms. The minimum Gasteiger partial charge on any atom is -0.309 e. The first kappa shape index (κ1) is 17.6. The van der Waals surface area contributed by atoms with E-state index >= 15 is 0 Å². The van der Waals surface area contributed by atoms with E-state index in [-0.39, 0.29) is 0 Å². The molecule has 2 atom stereocenters. The van der Waals surface area contributed by atoms with Gasteiger partial charge in [0, 0.05) is 11.3 Å². The van der Waals surface area contributed by atoms with Crippen LogP contribution in [-0.4, -0.2) is 17.5 Å². The Labute approximate surface area is 129 Å². The topological polar surface area (TPSA) is 12.0 Å². The highest BCUT2D eigenvalue weighted by molar-refractivity contribution is 7.99. The molecule has 0 heterocycles. The van der Waals surface area contributed by atoms with Gasteiger partial charge in [0.25, 0.3) is 0 Å². The van der Waals surface area contributed by atoms with Crippen molar-refractivity contribution in [2.24, 2.45) is 5.92 Å². The highest BCUT2D eigenvalue weighted by Crippen LogP contribution is 2.32. The van der Waals surface area contributed by atoms with Crippen molar-refractivity contribution in [2.75, 3.05) is 12.3 Å². The number of hydrogen-bond acceptors (Lipinski definition) is 2. The molecule has 0 aliphatic carbocycles. The minimum absolute atomic E-state index is 0.470. The van der Waals surface area contributed by atoms with E-state index in [2.05, 4.69) is 75.1 Å². The first-order chi connectivity index (χ1) is 9.70. The molecule has 0 fully saturated rings. The second-order valence-electron chi connectivity index (χ2n) is 5.78. The predicted molar refractivity (Wildman–Crippen MR) is 93.5 cm³/mol. The van der Waals surface area contributed by atoms with Crippen LogP contribution < -0.4 is 5.32 Å². The highest BCUT2D eigenvalue weighted by atomic mass is 32.2. The molecule has 1 aromatic rings. The van der Waals surface area contributed by atoms with Gasteiger partial charge in [0.05, 0.1) is 0 Å². The predicted octanol–water partition coefficient (Wildman–Crippen LogP) is 5.29. The molecular weight excluding hydrogens is 262 g/mol. The number of hydrogen-bond donors (Lipinski definition) is 1. The Bertz CT molecular complexity index is 337. The van der Waals surface area contributed by atoms with Gasteiger partial charge in [0.2, 0.25) is 0 Å². The van der Waals surface area contributed by atoms with Gasteiger partial charge in [0.1, 0.15) is 0 Å². The molecule has 0 radical (unpaired) electrons. The van der Waals surface area contributed by atoms with Crippen LogP contribution in [0.5, 0.6) is 0 Å². The average Bonchev–Trinajstić information content (AvgIpc) is 2.46. The lowest BCUT2D eigenvalue weighted by molar-refractivity contribution is 0.444. The molecule has 0 amide bonds. The van der Waals surface area contributed by atoms with E-state index in [1.54, 1.807) is 0 Å². The standard InChI is InChI=1S/C18H31NS/c1-5-7-14-20-18(15(3)4)17(19-13-6-2)16-11-9-8-10-12-16/h8-12,15,17-19H,5-7,13-14H2,1-4H3. The Hall–Kier alpha value is -0.470. The SMILES string of the molecule is CCCCSC(C(C)C)C(NCCC)c1ccccc1. The van der Waals surface area contributed by atoms with Crippen molar-refractivity contribution in [1.29, 1.82) is 0 Å².